The number of aromatic nitrogens is 1. The van der Waals surface area contributed by atoms with Gasteiger partial charge in [0.15, 0.2) is 0 Å². The van der Waals surface area contributed by atoms with E-state index >= 15 is 0 Å². The lowest BCUT2D eigenvalue weighted by Gasteiger charge is -2.37. The Bertz CT molecular complexity index is 1330. The van der Waals surface area contributed by atoms with Gasteiger partial charge < -0.3 is 30.0 Å². The smallest absolute Gasteiger partial charge is 0.354 e. The molecule has 1 aromatic heterocycles. The van der Waals surface area contributed by atoms with E-state index in [9.17, 15) is 18.8 Å². The second-order valence-electron chi connectivity index (χ2n) is 13.6. The standard InChI is InChI=1S/C36H53FN4O5/c1-3-45-20-7-21-46-36(44)32-23-27-22-28(14-15-31(27)40(32)2)39-34(42)33-29(24-8-5-4-6-9-24)17-19-41(33)35(43)26-12-10-25(11-13-26)30(38)16-18-37/h14-15,22-26,29-30,33H,3-13,16-21,38H2,1-2H3,(H,39,42)/t25?,26?,29-,30+,33-/m0/s1. The molecule has 46 heavy (non-hydrogen) atoms. The molecule has 2 aromatic rings. The Kier molecular flexibility index (Phi) is 12.1. The van der Waals surface area contributed by atoms with Gasteiger partial charge in [0.25, 0.3) is 0 Å². The molecular weight excluding hydrogens is 587 g/mol. The number of alkyl halides is 1. The Morgan fingerprint density at radius 2 is 1.78 bits per heavy atom. The van der Waals surface area contributed by atoms with Crippen LogP contribution in [-0.4, -0.2) is 72.4 Å². The van der Waals surface area contributed by atoms with Gasteiger partial charge >= 0.3 is 5.97 Å². The molecule has 1 aliphatic heterocycles. The molecule has 1 saturated heterocycles. The zero-order valence-corrected chi connectivity index (χ0v) is 27.7. The summed E-state index contributed by atoms with van der Waals surface area (Å²) in [5, 5.41) is 3.98. The highest BCUT2D eigenvalue weighted by molar-refractivity contribution is 6.01. The highest BCUT2D eigenvalue weighted by Crippen LogP contribution is 2.41. The normalized spacial score (nSPS) is 24.7. The molecule has 3 fully saturated rings. The Morgan fingerprint density at radius 1 is 1.02 bits per heavy atom. The summed E-state index contributed by atoms with van der Waals surface area (Å²) in [5.41, 5.74) is 8.16. The third-order valence-corrected chi connectivity index (χ3v) is 10.8. The quantitative estimate of drug-likeness (QED) is 0.205. The van der Waals surface area contributed by atoms with Crippen LogP contribution in [0.5, 0.6) is 0 Å². The van der Waals surface area contributed by atoms with Crippen molar-refractivity contribution in [2.45, 2.75) is 96.1 Å². The number of nitrogens with two attached hydrogens (primary N) is 1. The number of esters is 1. The lowest BCUT2D eigenvalue weighted by molar-refractivity contribution is -0.142. The first-order valence-electron chi connectivity index (χ1n) is 17.6. The van der Waals surface area contributed by atoms with E-state index < -0.39 is 18.7 Å². The first-order chi connectivity index (χ1) is 22.3. The molecule has 2 aliphatic carbocycles. The fourth-order valence-corrected chi connectivity index (χ4v) is 8.23. The summed E-state index contributed by atoms with van der Waals surface area (Å²) in [4.78, 5) is 42.8. The van der Waals surface area contributed by atoms with Crippen molar-refractivity contribution >= 4 is 34.4 Å². The largest absolute Gasteiger partial charge is 0.461 e. The average Bonchev–Trinajstić information content (AvgIpc) is 3.66. The van der Waals surface area contributed by atoms with Gasteiger partial charge in [-0.1, -0.05) is 32.1 Å². The number of aryl methyl sites for hydroxylation is 1. The number of nitrogens with zero attached hydrogens (tertiary/aromatic N) is 2. The zero-order valence-electron chi connectivity index (χ0n) is 27.7. The van der Waals surface area contributed by atoms with E-state index in [4.69, 9.17) is 15.2 Å². The van der Waals surface area contributed by atoms with E-state index in [0.29, 0.717) is 49.9 Å². The molecule has 254 valence electrons. The topological polar surface area (TPSA) is 116 Å². The van der Waals surface area contributed by atoms with Gasteiger partial charge in [-0.15, -0.1) is 0 Å². The number of ether oxygens (including phenoxy) is 2. The van der Waals surface area contributed by atoms with Gasteiger partial charge in [-0.2, -0.15) is 0 Å². The fraction of sp³-hybridized carbons (Fsp3) is 0.694. The summed E-state index contributed by atoms with van der Waals surface area (Å²) >= 11 is 0. The zero-order chi connectivity index (χ0) is 32.6. The molecule has 2 saturated carbocycles. The highest BCUT2D eigenvalue weighted by atomic mass is 19.1. The van der Waals surface area contributed by atoms with Crippen molar-refractivity contribution in [3.8, 4) is 0 Å². The van der Waals surface area contributed by atoms with Crippen molar-refractivity contribution in [2.24, 2.45) is 36.5 Å². The van der Waals surface area contributed by atoms with Crippen LogP contribution in [0.1, 0.15) is 94.5 Å². The third-order valence-electron chi connectivity index (χ3n) is 10.8. The minimum atomic E-state index is -0.504. The van der Waals surface area contributed by atoms with Crippen molar-refractivity contribution in [2.75, 3.05) is 38.4 Å². The monoisotopic (exact) mass is 640 g/mol. The first kappa shape index (κ1) is 34.4. The number of hydrogen-bond donors (Lipinski definition) is 2. The number of fused-ring (bicyclic) bond motifs is 1. The van der Waals surface area contributed by atoms with Gasteiger partial charge in [-0.25, -0.2) is 4.79 Å². The van der Waals surface area contributed by atoms with E-state index in [1.807, 2.05) is 41.6 Å². The van der Waals surface area contributed by atoms with Crippen LogP contribution in [-0.2, 0) is 26.1 Å². The number of likely N-dealkylation sites (tertiary alicyclic amines) is 1. The number of benzene rings is 1. The SMILES string of the molecule is CCOCCCOC(=O)c1cc2cc(NC(=O)[C@@H]3[C@H](C4CCCCC4)CCN3C(=O)C3CCC([C@H](N)CCF)CC3)ccc2n1C. The van der Waals surface area contributed by atoms with E-state index in [0.717, 1.165) is 55.8 Å². The van der Waals surface area contributed by atoms with Gasteiger partial charge in [0.2, 0.25) is 11.8 Å². The predicted molar refractivity (Wildman–Crippen MR) is 177 cm³/mol. The number of rotatable bonds is 13. The Morgan fingerprint density at radius 3 is 2.50 bits per heavy atom. The average molecular weight is 641 g/mol. The summed E-state index contributed by atoms with van der Waals surface area (Å²) in [6, 6.07) is 6.78. The van der Waals surface area contributed by atoms with Gasteiger partial charge in [0.05, 0.1) is 13.3 Å². The van der Waals surface area contributed by atoms with Crippen molar-refractivity contribution < 1.29 is 28.2 Å². The molecule has 5 rings (SSSR count). The van der Waals surface area contributed by atoms with Crippen LogP contribution in [0.3, 0.4) is 0 Å². The van der Waals surface area contributed by atoms with Crippen LogP contribution in [0.2, 0.25) is 0 Å². The maximum atomic E-state index is 14.1. The summed E-state index contributed by atoms with van der Waals surface area (Å²) in [7, 11) is 1.83. The third kappa shape index (κ3) is 7.93. The van der Waals surface area contributed by atoms with E-state index in [1.54, 1.807) is 6.07 Å². The van der Waals surface area contributed by atoms with Crippen molar-refractivity contribution in [3.05, 3.63) is 30.0 Å². The van der Waals surface area contributed by atoms with Gasteiger partial charge in [-0.3, -0.25) is 14.0 Å². The molecule has 1 aromatic carbocycles. The number of carbonyl (C=O) groups excluding carboxylic acids is 3. The highest BCUT2D eigenvalue weighted by Gasteiger charge is 2.47. The number of anilines is 1. The molecule has 3 atom stereocenters. The Labute approximate surface area is 272 Å². The van der Waals surface area contributed by atoms with Gasteiger partial charge in [0, 0.05) is 61.8 Å². The van der Waals surface area contributed by atoms with Crippen LogP contribution in [0.4, 0.5) is 10.1 Å². The van der Waals surface area contributed by atoms with E-state index in [-0.39, 0.29) is 42.2 Å². The lowest BCUT2D eigenvalue weighted by Crippen LogP contribution is -2.50. The summed E-state index contributed by atoms with van der Waals surface area (Å²) in [5.74, 6) is 0.270. The molecular formula is C36H53FN4O5. The molecule has 0 radical (unpaired) electrons. The molecule has 0 bridgehead atoms. The number of carbonyl (C=O) groups is 3. The minimum absolute atomic E-state index is 0.0823. The van der Waals surface area contributed by atoms with Crippen LogP contribution >= 0.6 is 0 Å². The molecule has 9 nitrogen and oxygen atoms in total. The fourth-order valence-electron chi connectivity index (χ4n) is 8.23. The molecule has 10 heteroatoms. The maximum absolute atomic E-state index is 14.1. The lowest BCUT2D eigenvalue weighted by atomic mass is 9.76. The van der Waals surface area contributed by atoms with Crippen molar-refractivity contribution in [1.29, 1.82) is 0 Å². The number of halogens is 1. The number of hydrogen-bond acceptors (Lipinski definition) is 6. The Hall–Kier alpha value is -2.98. The van der Waals surface area contributed by atoms with Crippen molar-refractivity contribution in [1.82, 2.24) is 9.47 Å². The second-order valence-corrected chi connectivity index (χ2v) is 13.6. The maximum Gasteiger partial charge on any atom is 0.354 e. The molecule has 0 unspecified atom stereocenters. The minimum Gasteiger partial charge on any atom is -0.461 e. The van der Waals surface area contributed by atoms with E-state index in [1.165, 1.54) is 19.3 Å². The van der Waals surface area contributed by atoms with Crippen molar-refractivity contribution in [3.63, 3.8) is 0 Å². The predicted octanol–water partition coefficient (Wildman–Crippen LogP) is 5.99. The van der Waals surface area contributed by atoms with Crippen LogP contribution in [0, 0.1) is 23.7 Å². The number of amides is 2. The summed E-state index contributed by atoms with van der Waals surface area (Å²) in [6.07, 6.45) is 10.8. The Balaban J connectivity index is 1.29. The first-order valence-corrected chi connectivity index (χ1v) is 17.6. The van der Waals surface area contributed by atoms with Gasteiger partial charge in [-0.05, 0) is 87.5 Å². The molecule has 2 heterocycles. The van der Waals surface area contributed by atoms with Crippen LogP contribution in [0.15, 0.2) is 24.3 Å². The van der Waals surface area contributed by atoms with Crippen LogP contribution < -0.4 is 11.1 Å². The molecule has 3 aliphatic rings. The molecule has 3 N–H and O–H groups in total. The summed E-state index contributed by atoms with van der Waals surface area (Å²) in [6.45, 7) is 3.59. The number of nitrogens with one attached hydrogen (secondary N) is 1. The second kappa shape index (κ2) is 16.2. The van der Waals surface area contributed by atoms with Gasteiger partial charge in [0.1, 0.15) is 11.7 Å². The molecule has 0 spiro atoms. The van der Waals surface area contributed by atoms with E-state index in [2.05, 4.69) is 5.32 Å². The van der Waals surface area contributed by atoms with Crippen LogP contribution in [0.25, 0.3) is 10.9 Å². The summed E-state index contributed by atoms with van der Waals surface area (Å²) < 4.78 is 25.5. The molecule has 2 amide bonds.